The molecule has 1 aromatic heterocycles. The third-order valence-electron chi connectivity index (χ3n) is 2.49. The van der Waals surface area contributed by atoms with E-state index in [0.717, 1.165) is 18.5 Å². The molecule has 0 radical (unpaired) electrons. The van der Waals surface area contributed by atoms with Crippen molar-refractivity contribution in [3.05, 3.63) is 45.6 Å². The fraction of sp³-hybridized carbons (Fsp3) is 0.0833. The summed E-state index contributed by atoms with van der Waals surface area (Å²) in [6.45, 7) is 0. The first-order valence-corrected chi connectivity index (χ1v) is 5.94. The summed E-state index contributed by atoms with van der Waals surface area (Å²) in [4.78, 5) is 17.8. The fourth-order valence-corrected chi connectivity index (χ4v) is 2.04. The van der Waals surface area contributed by atoms with Crippen LogP contribution < -0.4 is 0 Å². The average Bonchev–Trinajstić information content (AvgIpc) is 2.39. The zero-order valence-corrected chi connectivity index (χ0v) is 11.1. The van der Waals surface area contributed by atoms with E-state index in [1.165, 1.54) is 0 Å². The lowest BCUT2D eigenvalue weighted by Crippen LogP contribution is -1.99. The molecule has 0 unspecified atom stereocenters. The number of carbonyl (C=O) groups is 1. The Morgan fingerprint density at radius 3 is 2.50 bits per heavy atom. The van der Waals surface area contributed by atoms with Gasteiger partial charge in [0.2, 0.25) is 0 Å². The average molecular weight is 321 g/mol. The Morgan fingerprint density at radius 2 is 1.90 bits per heavy atom. The predicted octanol–water partition coefficient (Wildman–Crippen LogP) is 4.34. The molecule has 20 heavy (non-hydrogen) atoms. The van der Waals surface area contributed by atoms with Gasteiger partial charge < -0.3 is 0 Å². The Morgan fingerprint density at radius 1 is 1.20 bits per heavy atom. The van der Waals surface area contributed by atoms with E-state index in [1.807, 2.05) is 0 Å². The predicted molar refractivity (Wildman–Crippen MR) is 67.8 cm³/mol. The Hall–Kier alpha value is -1.66. The zero-order valence-electron chi connectivity index (χ0n) is 9.58. The second-order valence-corrected chi connectivity index (χ2v) is 4.48. The number of halogens is 5. The third kappa shape index (κ3) is 2.62. The largest absolute Gasteiger partial charge is 0.298 e. The van der Waals surface area contributed by atoms with Crippen molar-refractivity contribution in [2.75, 3.05) is 0 Å². The molecule has 0 aliphatic rings. The number of carbonyl (C=O) groups excluding carboxylic acids is 1. The molecule has 0 atom stereocenters. The van der Waals surface area contributed by atoms with Gasteiger partial charge in [0.1, 0.15) is 17.8 Å². The van der Waals surface area contributed by atoms with Gasteiger partial charge in [0.05, 0.1) is 15.7 Å². The van der Waals surface area contributed by atoms with Crippen LogP contribution in [0.2, 0.25) is 10.0 Å². The number of rotatable bonds is 3. The van der Waals surface area contributed by atoms with Crippen LogP contribution in [0.25, 0.3) is 11.3 Å². The highest BCUT2D eigenvalue weighted by Crippen LogP contribution is 2.35. The van der Waals surface area contributed by atoms with Crippen LogP contribution in [0, 0.1) is 5.82 Å². The van der Waals surface area contributed by atoms with Gasteiger partial charge in [-0.3, -0.25) is 4.79 Å². The zero-order chi connectivity index (χ0) is 14.9. The molecule has 2 rings (SSSR count). The quantitative estimate of drug-likeness (QED) is 0.790. The van der Waals surface area contributed by atoms with E-state index in [1.54, 1.807) is 0 Å². The lowest BCUT2D eigenvalue weighted by Gasteiger charge is -2.09. The summed E-state index contributed by atoms with van der Waals surface area (Å²) >= 11 is 11.4. The number of aldehydes is 1. The number of nitrogens with zero attached hydrogens (tertiary/aromatic N) is 2. The van der Waals surface area contributed by atoms with Gasteiger partial charge in [-0.15, -0.1) is 0 Å². The second-order valence-electron chi connectivity index (χ2n) is 3.69. The number of alkyl halides is 2. The highest BCUT2D eigenvalue weighted by molar-refractivity contribution is 6.34. The Labute approximate surface area is 121 Å². The molecule has 0 saturated heterocycles. The van der Waals surface area contributed by atoms with E-state index < -0.39 is 23.0 Å². The minimum Gasteiger partial charge on any atom is -0.298 e. The third-order valence-corrected chi connectivity index (χ3v) is 3.19. The first-order valence-electron chi connectivity index (χ1n) is 5.18. The number of benzene rings is 1. The molecule has 1 heterocycles. The molecule has 0 amide bonds. The van der Waals surface area contributed by atoms with E-state index in [9.17, 15) is 18.0 Å². The Balaban J connectivity index is 2.69. The maximum atomic E-state index is 13.9. The summed E-state index contributed by atoms with van der Waals surface area (Å²) in [6, 6.07) is 1.98. The molecule has 0 saturated carbocycles. The fourth-order valence-electron chi connectivity index (χ4n) is 1.56. The second kappa shape index (κ2) is 5.76. The van der Waals surface area contributed by atoms with Gasteiger partial charge in [-0.25, -0.2) is 23.1 Å². The van der Waals surface area contributed by atoms with Crippen LogP contribution in [0.4, 0.5) is 13.2 Å². The van der Waals surface area contributed by atoms with Crippen molar-refractivity contribution in [3.63, 3.8) is 0 Å². The molecule has 0 fully saturated rings. The van der Waals surface area contributed by atoms with Crippen molar-refractivity contribution < 1.29 is 18.0 Å². The minimum absolute atomic E-state index is 0.00339. The van der Waals surface area contributed by atoms with E-state index in [2.05, 4.69) is 9.97 Å². The van der Waals surface area contributed by atoms with Crippen LogP contribution in [0.15, 0.2) is 18.5 Å². The highest BCUT2D eigenvalue weighted by atomic mass is 35.5. The normalized spacial score (nSPS) is 10.9. The molecule has 104 valence electrons. The maximum absolute atomic E-state index is 13.9. The number of hydrogen-bond donors (Lipinski definition) is 0. The summed E-state index contributed by atoms with van der Waals surface area (Å²) < 4.78 is 39.2. The van der Waals surface area contributed by atoms with Crippen molar-refractivity contribution in [3.8, 4) is 11.3 Å². The van der Waals surface area contributed by atoms with Gasteiger partial charge in [0, 0.05) is 11.1 Å². The van der Waals surface area contributed by atoms with Crippen molar-refractivity contribution in [2.24, 2.45) is 0 Å². The highest BCUT2D eigenvalue weighted by Gasteiger charge is 2.21. The molecule has 8 heteroatoms. The molecule has 0 N–H and O–H groups in total. The summed E-state index contributed by atoms with van der Waals surface area (Å²) in [5.74, 6) is -0.832. The molecular weight excluding hydrogens is 316 g/mol. The van der Waals surface area contributed by atoms with Crippen molar-refractivity contribution in [1.29, 1.82) is 0 Å². The summed E-state index contributed by atoms with van der Waals surface area (Å²) in [7, 11) is 0. The van der Waals surface area contributed by atoms with Crippen LogP contribution in [0.3, 0.4) is 0 Å². The van der Waals surface area contributed by atoms with Crippen LogP contribution in [0.5, 0.6) is 0 Å². The number of aromatic nitrogens is 2. The van der Waals surface area contributed by atoms with Crippen LogP contribution >= 0.6 is 23.2 Å². The summed E-state index contributed by atoms with van der Waals surface area (Å²) in [5, 5.41) is -0.568. The van der Waals surface area contributed by atoms with Crippen molar-refractivity contribution in [1.82, 2.24) is 9.97 Å². The standard InChI is InChI=1S/C12H5Cl2F3N2O/c13-7-2-8(15)6(1-5(7)3-20)10-9(14)11(12(16)17)19-4-18-10/h1-4,12H. The molecule has 0 spiro atoms. The smallest absolute Gasteiger partial charge is 0.281 e. The molecule has 0 aliphatic carbocycles. The van der Waals surface area contributed by atoms with Gasteiger partial charge in [-0.2, -0.15) is 0 Å². The van der Waals surface area contributed by atoms with E-state index in [4.69, 9.17) is 23.2 Å². The van der Waals surface area contributed by atoms with Crippen LogP contribution in [-0.4, -0.2) is 16.3 Å². The molecule has 0 bridgehead atoms. The molecule has 1 aromatic carbocycles. The molecule has 2 aromatic rings. The molecule has 3 nitrogen and oxygen atoms in total. The van der Waals surface area contributed by atoms with Gasteiger partial charge in [0.25, 0.3) is 6.43 Å². The van der Waals surface area contributed by atoms with Crippen LogP contribution in [0.1, 0.15) is 22.5 Å². The summed E-state index contributed by atoms with van der Waals surface area (Å²) in [5.41, 5.74) is -1.14. The van der Waals surface area contributed by atoms with E-state index in [-0.39, 0.29) is 21.8 Å². The lowest BCUT2D eigenvalue weighted by atomic mass is 10.1. The van der Waals surface area contributed by atoms with Gasteiger partial charge >= 0.3 is 0 Å². The van der Waals surface area contributed by atoms with E-state index >= 15 is 0 Å². The topological polar surface area (TPSA) is 42.9 Å². The Bertz CT molecular complexity index is 680. The van der Waals surface area contributed by atoms with Crippen molar-refractivity contribution in [2.45, 2.75) is 6.43 Å². The van der Waals surface area contributed by atoms with Gasteiger partial charge in [-0.05, 0) is 12.1 Å². The minimum atomic E-state index is -2.93. The van der Waals surface area contributed by atoms with E-state index in [0.29, 0.717) is 6.29 Å². The maximum Gasteiger partial charge on any atom is 0.281 e. The van der Waals surface area contributed by atoms with Crippen LogP contribution in [-0.2, 0) is 0 Å². The first-order chi connectivity index (χ1) is 9.45. The molecule has 0 aliphatic heterocycles. The van der Waals surface area contributed by atoms with Gasteiger partial charge in [-0.1, -0.05) is 23.2 Å². The lowest BCUT2D eigenvalue weighted by molar-refractivity contribution is 0.112. The SMILES string of the molecule is O=Cc1cc(-c2ncnc(C(F)F)c2Cl)c(F)cc1Cl. The number of hydrogen-bond acceptors (Lipinski definition) is 3. The van der Waals surface area contributed by atoms with Gasteiger partial charge in [0.15, 0.2) is 6.29 Å². The Kier molecular flexibility index (Phi) is 4.25. The first kappa shape index (κ1) is 14.7. The summed E-state index contributed by atoms with van der Waals surface area (Å²) in [6.07, 6.45) is -1.67. The van der Waals surface area contributed by atoms with Crippen molar-refractivity contribution >= 4 is 29.5 Å². The molecular formula is C12H5Cl2F3N2O. The monoisotopic (exact) mass is 320 g/mol.